The van der Waals surface area contributed by atoms with Crippen LogP contribution in [0.3, 0.4) is 0 Å². The van der Waals surface area contributed by atoms with E-state index in [2.05, 4.69) is 33.7 Å². The fraction of sp³-hybridized carbons (Fsp3) is 0.941. The topological polar surface area (TPSA) is 39.7 Å². The van der Waals surface area contributed by atoms with Crippen LogP contribution in [-0.4, -0.2) is 61.6 Å². The van der Waals surface area contributed by atoms with Crippen LogP contribution in [0, 0.1) is 5.92 Å². The summed E-state index contributed by atoms with van der Waals surface area (Å²) in [5, 5.41) is 7.95. The Morgan fingerprint density at radius 2 is 2.05 bits per heavy atom. The van der Waals surface area contributed by atoms with Gasteiger partial charge in [0.1, 0.15) is 0 Å². The standard InChI is InChI=1S/C17H34N4S/c1-14(13-21-9-5-4-6-10-21)12-19-17(18-2)20-15-7-8-16(11-15)22-3/h14-16H,4-13H2,1-3H3,(H2,18,19,20). The molecule has 0 aromatic heterocycles. The maximum Gasteiger partial charge on any atom is 0.191 e. The molecule has 2 N–H and O–H groups in total. The van der Waals surface area contributed by atoms with Crippen LogP contribution in [0.4, 0.5) is 0 Å². The fourth-order valence-corrected chi connectivity index (χ4v) is 4.39. The van der Waals surface area contributed by atoms with Crippen LogP contribution in [0.1, 0.15) is 45.4 Å². The zero-order valence-corrected chi connectivity index (χ0v) is 15.4. The van der Waals surface area contributed by atoms with Crippen molar-refractivity contribution in [3.8, 4) is 0 Å². The summed E-state index contributed by atoms with van der Waals surface area (Å²) in [5.74, 6) is 1.65. The van der Waals surface area contributed by atoms with Crippen molar-refractivity contribution in [2.75, 3.05) is 39.5 Å². The van der Waals surface area contributed by atoms with Gasteiger partial charge >= 0.3 is 0 Å². The summed E-state index contributed by atoms with van der Waals surface area (Å²) in [6.07, 6.45) is 10.3. The van der Waals surface area contributed by atoms with Crippen LogP contribution in [0.25, 0.3) is 0 Å². The highest BCUT2D eigenvalue weighted by molar-refractivity contribution is 7.99. The molecule has 2 rings (SSSR count). The van der Waals surface area contributed by atoms with Gasteiger partial charge in [-0.15, -0.1) is 0 Å². The van der Waals surface area contributed by atoms with Gasteiger partial charge in [0, 0.05) is 31.4 Å². The molecule has 0 aromatic rings. The lowest BCUT2D eigenvalue weighted by atomic mass is 10.1. The van der Waals surface area contributed by atoms with E-state index in [0.29, 0.717) is 12.0 Å². The number of nitrogens with one attached hydrogen (secondary N) is 2. The van der Waals surface area contributed by atoms with E-state index < -0.39 is 0 Å². The minimum atomic E-state index is 0.598. The molecule has 1 saturated carbocycles. The second kappa shape index (κ2) is 9.66. The molecule has 2 aliphatic rings. The van der Waals surface area contributed by atoms with Crippen molar-refractivity contribution in [3.63, 3.8) is 0 Å². The molecular weight excluding hydrogens is 292 g/mol. The SMILES string of the molecule is CN=C(NCC(C)CN1CCCCC1)NC1CCC(SC)C1. The molecule has 5 heteroatoms. The molecule has 0 bridgehead atoms. The van der Waals surface area contributed by atoms with Gasteiger partial charge in [0.25, 0.3) is 0 Å². The smallest absolute Gasteiger partial charge is 0.191 e. The molecule has 0 amide bonds. The summed E-state index contributed by atoms with van der Waals surface area (Å²) in [4.78, 5) is 7.01. The van der Waals surface area contributed by atoms with Gasteiger partial charge in [-0.05, 0) is 57.4 Å². The van der Waals surface area contributed by atoms with E-state index in [1.54, 1.807) is 0 Å². The molecule has 1 saturated heterocycles. The minimum absolute atomic E-state index is 0.598. The highest BCUT2D eigenvalue weighted by atomic mass is 32.2. The summed E-state index contributed by atoms with van der Waals surface area (Å²) < 4.78 is 0. The summed E-state index contributed by atoms with van der Waals surface area (Å²) in [5.41, 5.74) is 0. The average molecular weight is 327 g/mol. The third-order valence-corrected chi connectivity index (χ3v) is 6.01. The van der Waals surface area contributed by atoms with Crippen LogP contribution in [0.5, 0.6) is 0 Å². The number of likely N-dealkylation sites (tertiary alicyclic amines) is 1. The van der Waals surface area contributed by atoms with Gasteiger partial charge in [0.2, 0.25) is 0 Å². The number of piperidine rings is 1. The highest BCUT2D eigenvalue weighted by Gasteiger charge is 2.24. The van der Waals surface area contributed by atoms with E-state index in [4.69, 9.17) is 0 Å². The van der Waals surface area contributed by atoms with E-state index in [-0.39, 0.29) is 0 Å². The molecule has 0 radical (unpaired) electrons. The maximum absolute atomic E-state index is 4.40. The van der Waals surface area contributed by atoms with Gasteiger partial charge in [-0.2, -0.15) is 11.8 Å². The molecule has 3 unspecified atom stereocenters. The predicted molar refractivity (Wildman–Crippen MR) is 98.9 cm³/mol. The Balaban J connectivity index is 1.65. The minimum Gasteiger partial charge on any atom is -0.356 e. The van der Waals surface area contributed by atoms with Crippen LogP contribution < -0.4 is 10.6 Å². The van der Waals surface area contributed by atoms with Crippen LogP contribution in [0.15, 0.2) is 4.99 Å². The zero-order valence-electron chi connectivity index (χ0n) is 14.6. The third-order valence-electron chi connectivity index (χ3n) is 4.92. The molecular formula is C17H34N4S. The number of rotatable bonds is 6. The van der Waals surface area contributed by atoms with Crippen LogP contribution in [0.2, 0.25) is 0 Å². The molecule has 1 heterocycles. The summed E-state index contributed by atoms with van der Waals surface area (Å²) in [6, 6.07) is 0.598. The first kappa shape index (κ1) is 17.9. The van der Waals surface area contributed by atoms with Gasteiger partial charge < -0.3 is 15.5 Å². The van der Waals surface area contributed by atoms with E-state index in [0.717, 1.165) is 17.8 Å². The Bertz CT molecular complexity index is 342. The van der Waals surface area contributed by atoms with Gasteiger partial charge in [0.15, 0.2) is 5.96 Å². The molecule has 128 valence electrons. The van der Waals surface area contributed by atoms with Crippen molar-refractivity contribution in [1.29, 1.82) is 0 Å². The normalized spacial score (nSPS) is 28.6. The molecule has 4 nitrogen and oxygen atoms in total. The highest BCUT2D eigenvalue weighted by Crippen LogP contribution is 2.27. The van der Waals surface area contributed by atoms with Crippen molar-refractivity contribution < 1.29 is 0 Å². The van der Waals surface area contributed by atoms with E-state index in [9.17, 15) is 0 Å². The maximum atomic E-state index is 4.40. The van der Waals surface area contributed by atoms with Crippen molar-refractivity contribution in [3.05, 3.63) is 0 Å². The molecule has 0 spiro atoms. The van der Waals surface area contributed by atoms with Crippen molar-refractivity contribution >= 4 is 17.7 Å². The quantitative estimate of drug-likeness (QED) is 0.581. The van der Waals surface area contributed by atoms with Crippen molar-refractivity contribution in [1.82, 2.24) is 15.5 Å². The Morgan fingerprint density at radius 1 is 1.27 bits per heavy atom. The largest absolute Gasteiger partial charge is 0.356 e. The summed E-state index contributed by atoms with van der Waals surface area (Å²) >= 11 is 2.00. The number of thioether (sulfide) groups is 1. The Labute approximate surface area is 140 Å². The average Bonchev–Trinajstić information content (AvgIpc) is 3.00. The van der Waals surface area contributed by atoms with Crippen molar-refractivity contribution in [2.45, 2.75) is 56.7 Å². The van der Waals surface area contributed by atoms with Crippen LogP contribution in [-0.2, 0) is 0 Å². The third kappa shape index (κ3) is 5.99. The van der Waals surface area contributed by atoms with E-state index in [1.807, 2.05) is 18.8 Å². The van der Waals surface area contributed by atoms with Crippen molar-refractivity contribution in [2.24, 2.45) is 10.9 Å². The summed E-state index contributed by atoms with van der Waals surface area (Å²) in [7, 11) is 1.88. The first-order chi connectivity index (χ1) is 10.7. The lowest BCUT2D eigenvalue weighted by molar-refractivity contribution is 0.201. The predicted octanol–water partition coefficient (Wildman–Crippen LogP) is 2.56. The Hall–Kier alpha value is -0.420. The number of hydrogen-bond donors (Lipinski definition) is 2. The number of aliphatic imine (C=N–C) groups is 1. The molecule has 3 atom stereocenters. The summed E-state index contributed by atoms with van der Waals surface area (Å²) in [6.45, 7) is 7.13. The number of guanidine groups is 1. The Morgan fingerprint density at radius 3 is 2.68 bits per heavy atom. The lowest BCUT2D eigenvalue weighted by Crippen LogP contribution is -2.45. The second-order valence-corrected chi connectivity index (χ2v) is 8.07. The lowest BCUT2D eigenvalue weighted by Gasteiger charge is -2.29. The second-order valence-electron chi connectivity index (χ2n) is 6.93. The first-order valence-electron chi connectivity index (χ1n) is 8.93. The number of nitrogens with zero attached hydrogens (tertiary/aromatic N) is 2. The number of hydrogen-bond acceptors (Lipinski definition) is 3. The molecule has 0 aromatic carbocycles. The van der Waals surface area contributed by atoms with E-state index >= 15 is 0 Å². The molecule has 22 heavy (non-hydrogen) atoms. The van der Waals surface area contributed by atoms with Crippen LogP contribution >= 0.6 is 11.8 Å². The van der Waals surface area contributed by atoms with Gasteiger partial charge in [0.05, 0.1) is 0 Å². The fourth-order valence-electron chi connectivity index (χ4n) is 3.59. The monoisotopic (exact) mass is 326 g/mol. The first-order valence-corrected chi connectivity index (χ1v) is 10.2. The zero-order chi connectivity index (χ0) is 15.8. The molecule has 2 fully saturated rings. The molecule has 1 aliphatic carbocycles. The molecule has 1 aliphatic heterocycles. The Kier molecular flexibility index (Phi) is 7.87. The van der Waals surface area contributed by atoms with E-state index in [1.165, 1.54) is 58.2 Å². The van der Waals surface area contributed by atoms with Gasteiger partial charge in [-0.1, -0.05) is 13.3 Å². The van der Waals surface area contributed by atoms with Gasteiger partial charge in [-0.3, -0.25) is 4.99 Å². The van der Waals surface area contributed by atoms with Gasteiger partial charge in [-0.25, -0.2) is 0 Å².